The summed E-state index contributed by atoms with van der Waals surface area (Å²) in [5.74, 6) is 0. The molecule has 3 nitrogen and oxygen atoms in total. The Hall–Kier alpha value is -1.06. The second kappa shape index (κ2) is 3.59. The van der Waals surface area contributed by atoms with E-state index in [1.54, 1.807) is 4.68 Å². The molecule has 0 aliphatic heterocycles. The van der Waals surface area contributed by atoms with Crippen LogP contribution in [0.5, 0.6) is 0 Å². The average Bonchev–Trinajstić information content (AvgIpc) is 2.56. The third-order valence-corrected chi connectivity index (χ3v) is 2.58. The zero-order valence-corrected chi connectivity index (χ0v) is 8.62. The Morgan fingerprint density at radius 2 is 2.29 bits per heavy atom. The van der Waals surface area contributed by atoms with Gasteiger partial charge in [-0.1, -0.05) is 17.7 Å². The molecule has 0 atom stereocenters. The van der Waals surface area contributed by atoms with Crippen LogP contribution in [0.15, 0.2) is 18.2 Å². The van der Waals surface area contributed by atoms with Crippen LogP contribution in [0.25, 0.3) is 10.9 Å². The number of fused-ring (bicyclic) bond motifs is 1. The first kappa shape index (κ1) is 9.49. The summed E-state index contributed by atoms with van der Waals surface area (Å²) in [5.41, 5.74) is 1.62. The monoisotopic (exact) mass is 210 g/mol. The molecule has 0 saturated heterocycles. The lowest BCUT2D eigenvalue weighted by Gasteiger charge is -2.00. The number of aryl methyl sites for hydroxylation is 1. The topological polar surface area (TPSA) is 38.0 Å². The number of hydrogen-bond acceptors (Lipinski definition) is 2. The van der Waals surface area contributed by atoms with E-state index in [9.17, 15) is 5.11 Å². The number of halogens is 1. The minimum absolute atomic E-state index is 0.0337. The molecule has 0 radical (unpaired) electrons. The van der Waals surface area contributed by atoms with Crippen LogP contribution in [-0.4, -0.2) is 14.9 Å². The molecule has 2 aromatic rings. The van der Waals surface area contributed by atoms with Gasteiger partial charge in [0.2, 0.25) is 0 Å². The van der Waals surface area contributed by atoms with Crippen LogP contribution in [0, 0.1) is 0 Å². The maximum Gasteiger partial charge on any atom is 0.0942 e. The van der Waals surface area contributed by atoms with Gasteiger partial charge in [0.15, 0.2) is 0 Å². The molecule has 0 saturated carbocycles. The quantitative estimate of drug-likeness (QED) is 0.825. The first-order valence-electron chi connectivity index (χ1n) is 4.52. The highest BCUT2D eigenvalue weighted by Crippen LogP contribution is 2.26. The van der Waals surface area contributed by atoms with Crippen LogP contribution >= 0.6 is 11.6 Å². The number of benzene rings is 1. The normalized spacial score (nSPS) is 11.1. The number of rotatable bonds is 2. The van der Waals surface area contributed by atoms with Crippen molar-refractivity contribution in [3.63, 3.8) is 0 Å². The van der Waals surface area contributed by atoms with Gasteiger partial charge in [-0.15, -0.1) is 0 Å². The van der Waals surface area contributed by atoms with E-state index in [2.05, 4.69) is 5.10 Å². The summed E-state index contributed by atoms with van der Waals surface area (Å²) in [7, 11) is 0. The molecule has 0 aliphatic carbocycles. The van der Waals surface area contributed by atoms with Crippen molar-refractivity contribution in [3.05, 3.63) is 28.9 Å². The molecule has 74 valence electrons. The van der Waals surface area contributed by atoms with Crippen LogP contribution in [0.3, 0.4) is 0 Å². The smallest absolute Gasteiger partial charge is 0.0942 e. The van der Waals surface area contributed by atoms with Crippen LogP contribution in [0.2, 0.25) is 5.02 Å². The molecule has 0 amide bonds. The predicted octanol–water partition coefficient (Wildman–Crippen LogP) is 2.20. The Morgan fingerprint density at radius 3 is 2.93 bits per heavy atom. The largest absolute Gasteiger partial charge is 0.390 e. The van der Waals surface area contributed by atoms with Gasteiger partial charge >= 0.3 is 0 Å². The summed E-state index contributed by atoms with van der Waals surface area (Å²) < 4.78 is 1.77. The second-order valence-corrected chi connectivity index (χ2v) is 3.46. The van der Waals surface area contributed by atoms with Gasteiger partial charge in [-0.05, 0) is 19.1 Å². The van der Waals surface area contributed by atoms with Crippen molar-refractivity contribution in [1.82, 2.24) is 9.78 Å². The van der Waals surface area contributed by atoms with Gasteiger partial charge in [0.05, 0.1) is 22.8 Å². The van der Waals surface area contributed by atoms with E-state index in [0.29, 0.717) is 5.02 Å². The molecule has 1 N–H and O–H groups in total. The van der Waals surface area contributed by atoms with Crippen LogP contribution in [0.1, 0.15) is 12.6 Å². The molecule has 0 bridgehead atoms. The SMILES string of the molecule is CCn1nc2cccc(Cl)c2c1CO. The predicted molar refractivity (Wildman–Crippen MR) is 56.3 cm³/mol. The molecule has 4 heteroatoms. The molecule has 0 fully saturated rings. The maximum atomic E-state index is 9.24. The first-order valence-corrected chi connectivity index (χ1v) is 4.90. The fourth-order valence-corrected chi connectivity index (χ4v) is 1.90. The van der Waals surface area contributed by atoms with Crippen LogP contribution < -0.4 is 0 Å². The minimum Gasteiger partial charge on any atom is -0.390 e. The third-order valence-electron chi connectivity index (χ3n) is 2.27. The minimum atomic E-state index is -0.0337. The molecule has 14 heavy (non-hydrogen) atoms. The van der Waals surface area contributed by atoms with E-state index < -0.39 is 0 Å². The van der Waals surface area contributed by atoms with E-state index in [1.807, 2.05) is 25.1 Å². The van der Waals surface area contributed by atoms with E-state index in [1.165, 1.54) is 0 Å². The van der Waals surface area contributed by atoms with Crippen molar-refractivity contribution < 1.29 is 5.11 Å². The molecule has 1 aromatic heterocycles. The van der Waals surface area contributed by atoms with Gasteiger partial charge in [0.1, 0.15) is 0 Å². The van der Waals surface area contributed by atoms with Crippen molar-refractivity contribution in [2.24, 2.45) is 0 Å². The Balaban J connectivity index is 2.81. The summed E-state index contributed by atoms with van der Waals surface area (Å²) in [5, 5.41) is 15.1. The van der Waals surface area contributed by atoms with Gasteiger partial charge in [-0.25, -0.2) is 0 Å². The number of hydrogen-bond donors (Lipinski definition) is 1. The number of aromatic nitrogens is 2. The Kier molecular flexibility index (Phi) is 2.44. The lowest BCUT2D eigenvalue weighted by atomic mass is 10.2. The molecular formula is C10H11ClN2O. The summed E-state index contributed by atoms with van der Waals surface area (Å²) in [6.07, 6.45) is 0. The molecular weight excluding hydrogens is 200 g/mol. The fourth-order valence-electron chi connectivity index (χ4n) is 1.62. The second-order valence-electron chi connectivity index (χ2n) is 3.05. The number of aliphatic hydroxyl groups is 1. The van der Waals surface area contributed by atoms with Crippen LogP contribution in [0.4, 0.5) is 0 Å². The molecule has 2 rings (SSSR count). The standard InChI is InChI=1S/C10H11ClN2O/c1-2-13-9(6-14)10-7(11)4-3-5-8(10)12-13/h3-5,14H,2,6H2,1H3. The molecule has 0 aliphatic rings. The highest BCUT2D eigenvalue weighted by atomic mass is 35.5. The van der Waals surface area contributed by atoms with Crippen molar-refractivity contribution in [3.8, 4) is 0 Å². The van der Waals surface area contributed by atoms with Gasteiger partial charge in [-0.2, -0.15) is 5.10 Å². The van der Waals surface area contributed by atoms with E-state index >= 15 is 0 Å². The average molecular weight is 211 g/mol. The van der Waals surface area contributed by atoms with E-state index in [-0.39, 0.29) is 6.61 Å². The summed E-state index contributed by atoms with van der Waals surface area (Å²) in [4.78, 5) is 0. The Labute approximate surface area is 86.9 Å². The van der Waals surface area contributed by atoms with Crippen molar-refractivity contribution >= 4 is 22.5 Å². The highest BCUT2D eigenvalue weighted by Gasteiger charge is 2.11. The van der Waals surface area contributed by atoms with E-state index in [0.717, 1.165) is 23.1 Å². The van der Waals surface area contributed by atoms with Gasteiger partial charge in [0.25, 0.3) is 0 Å². The summed E-state index contributed by atoms with van der Waals surface area (Å²) >= 11 is 6.05. The Bertz CT molecular complexity index is 464. The lowest BCUT2D eigenvalue weighted by Crippen LogP contribution is -2.02. The zero-order valence-electron chi connectivity index (χ0n) is 7.87. The van der Waals surface area contributed by atoms with Gasteiger partial charge in [0, 0.05) is 11.9 Å². The Morgan fingerprint density at radius 1 is 1.50 bits per heavy atom. The summed E-state index contributed by atoms with van der Waals surface area (Å²) in [6.45, 7) is 2.69. The number of nitrogens with zero attached hydrogens (tertiary/aromatic N) is 2. The molecule has 0 unspecified atom stereocenters. The van der Waals surface area contributed by atoms with Gasteiger partial charge < -0.3 is 5.11 Å². The molecule has 0 spiro atoms. The first-order chi connectivity index (χ1) is 6.77. The number of aliphatic hydroxyl groups excluding tert-OH is 1. The lowest BCUT2D eigenvalue weighted by molar-refractivity contribution is 0.270. The summed E-state index contributed by atoms with van der Waals surface area (Å²) in [6, 6.07) is 5.57. The molecule has 1 aromatic carbocycles. The van der Waals surface area contributed by atoms with Crippen molar-refractivity contribution in [2.75, 3.05) is 0 Å². The zero-order chi connectivity index (χ0) is 10.1. The van der Waals surface area contributed by atoms with Gasteiger partial charge in [-0.3, -0.25) is 4.68 Å². The third kappa shape index (κ3) is 1.29. The highest BCUT2D eigenvalue weighted by molar-refractivity contribution is 6.35. The van der Waals surface area contributed by atoms with Crippen molar-refractivity contribution in [2.45, 2.75) is 20.1 Å². The van der Waals surface area contributed by atoms with E-state index in [4.69, 9.17) is 11.6 Å². The fraction of sp³-hybridized carbons (Fsp3) is 0.300. The van der Waals surface area contributed by atoms with Crippen molar-refractivity contribution in [1.29, 1.82) is 0 Å². The maximum absolute atomic E-state index is 9.24. The van der Waals surface area contributed by atoms with Crippen LogP contribution in [-0.2, 0) is 13.2 Å². The molecule has 1 heterocycles.